The summed E-state index contributed by atoms with van der Waals surface area (Å²) in [7, 11) is 3.80. The monoisotopic (exact) mass is 386 g/mol. The molecule has 0 aliphatic carbocycles. The molecule has 2 N–H and O–H groups in total. The first kappa shape index (κ1) is 18.1. The van der Waals surface area contributed by atoms with Crippen molar-refractivity contribution in [2.24, 2.45) is 0 Å². The second kappa shape index (κ2) is 8.11. The van der Waals surface area contributed by atoms with Crippen LogP contribution in [0.15, 0.2) is 47.2 Å². The highest BCUT2D eigenvalue weighted by molar-refractivity contribution is 7.20. The second-order valence-electron chi connectivity index (χ2n) is 5.75. The van der Waals surface area contributed by atoms with E-state index in [1.807, 2.05) is 48.0 Å². The number of nitrogens with one attached hydrogen (secondary N) is 2. The number of amides is 2. The van der Waals surface area contributed by atoms with E-state index in [0.717, 1.165) is 15.6 Å². The Labute approximate surface area is 159 Å². The molecule has 0 atom stereocenters. The SMILES string of the molecule is CN(C)c1cccc(C(=O)NNC(=O)Cc2csc(-c3cccs3)n2)c1. The zero-order valence-corrected chi connectivity index (χ0v) is 16.0. The largest absolute Gasteiger partial charge is 0.378 e. The van der Waals surface area contributed by atoms with Crippen molar-refractivity contribution in [3.05, 3.63) is 58.4 Å². The predicted octanol–water partition coefficient (Wildman–Crippen LogP) is 2.94. The number of hydrazine groups is 1. The Balaban J connectivity index is 1.54. The summed E-state index contributed by atoms with van der Waals surface area (Å²) in [6.07, 6.45) is 0.111. The maximum Gasteiger partial charge on any atom is 0.269 e. The van der Waals surface area contributed by atoms with Gasteiger partial charge < -0.3 is 4.90 Å². The lowest BCUT2D eigenvalue weighted by molar-refractivity contribution is -0.121. The molecule has 3 rings (SSSR count). The van der Waals surface area contributed by atoms with E-state index in [1.165, 1.54) is 11.3 Å². The molecule has 1 aromatic carbocycles. The normalized spacial score (nSPS) is 10.4. The van der Waals surface area contributed by atoms with Crippen LogP contribution in [0.25, 0.3) is 9.88 Å². The van der Waals surface area contributed by atoms with Crippen LogP contribution >= 0.6 is 22.7 Å². The summed E-state index contributed by atoms with van der Waals surface area (Å²) in [6.45, 7) is 0. The van der Waals surface area contributed by atoms with Gasteiger partial charge in [-0.05, 0) is 29.6 Å². The Morgan fingerprint density at radius 3 is 2.69 bits per heavy atom. The average Bonchev–Trinajstić information content (AvgIpc) is 3.31. The highest BCUT2D eigenvalue weighted by Gasteiger charge is 2.12. The molecule has 0 saturated carbocycles. The van der Waals surface area contributed by atoms with E-state index < -0.39 is 0 Å². The molecule has 26 heavy (non-hydrogen) atoms. The number of anilines is 1. The van der Waals surface area contributed by atoms with Gasteiger partial charge in [0.05, 0.1) is 17.0 Å². The first-order chi connectivity index (χ1) is 12.5. The number of carbonyl (C=O) groups excluding carboxylic acids is 2. The average molecular weight is 387 g/mol. The molecule has 0 bridgehead atoms. The minimum absolute atomic E-state index is 0.111. The number of aromatic nitrogens is 1. The quantitative estimate of drug-likeness (QED) is 0.661. The number of thiazole rings is 1. The van der Waals surface area contributed by atoms with Crippen LogP contribution in [0.2, 0.25) is 0 Å². The minimum atomic E-state index is -0.361. The van der Waals surface area contributed by atoms with Crippen LogP contribution in [-0.2, 0) is 11.2 Å². The molecule has 0 radical (unpaired) electrons. The predicted molar refractivity (Wildman–Crippen MR) is 106 cm³/mol. The lowest BCUT2D eigenvalue weighted by Crippen LogP contribution is -2.42. The zero-order valence-electron chi connectivity index (χ0n) is 14.4. The molecule has 0 aliphatic heterocycles. The summed E-state index contributed by atoms with van der Waals surface area (Å²) in [5, 5.41) is 4.74. The maximum atomic E-state index is 12.2. The van der Waals surface area contributed by atoms with Crippen molar-refractivity contribution in [1.82, 2.24) is 15.8 Å². The van der Waals surface area contributed by atoms with Crippen molar-refractivity contribution in [1.29, 1.82) is 0 Å². The number of hydrogen-bond acceptors (Lipinski definition) is 6. The third-order valence-electron chi connectivity index (χ3n) is 3.57. The smallest absolute Gasteiger partial charge is 0.269 e. The van der Waals surface area contributed by atoms with E-state index in [9.17, 15) is 9.59 Å². The fourth-order valence-electron chi connectivity index (χ4n) is 2.23. The van der Waals surface area contributed by atoms with Crippen LogP contribution in [0.4, 0.5) is 5.69 Å². The zero-order chi connectivity index (χ0) is 18.5. The molecule has 134 valence electrons. The van der Waals surface area contributed by atoms with Crippen LogP contribution in [-0.4, -0.2) is 30.9 Å². The maximum absolute atomic E-state index is 12.2. The van der Waals surface area contributed by atoms with Crippen molar-refractivity contribution in [2.75, 3.05) is 19.0 Å². The van der Waals surface area contributed by atoms with Crippen molar-refractivity contribution in [3.63, 3.8) is 0 Å². The Kier molecular flexibility index (Phi) is 5.65. The van der Waals surface area contributed by atoms with Crippen molar-refractivity contribution >= 4 is 40.2 Å². The Morgan fingerprint density at radius 2 is 1.96 bits per heavy atom. The molecule has 8 heteroatoms. The van der Waals surface area contributed by atoms with Gasteiger partial charge in [-0.3, -0.25) is 20.4 Å². The molecule has 2 amide bonds. The lowest BCUT2D eigenvalue weighted by Gasteiger charge is -2.13. The molecule has 0 unspecified atom stereocenters. The Bertz CT molecular complexity index is 904. The fraction of sp³-hybridized carbons (Fsp3) is 0.167. The molecular formula is C18H18N4O2S2. The van der Waals surface area contributed by atoms with E-state index in [2.05, 4.69) is 15.8 Å². The molecule has 2 heterocycles. The van der Waals surface area contributed by atoms with Gasteiger partial charge in [-0.15, -0.1) is 22.7 Å². The van der Waals surface area contributed by atoms with Gasteiger partial charge in [-0.1, -0.05) is 12.1 Å². The van der Waals surface area contributed by atoms with Crippen LogP contribution < -0.4 is 15.8 Å². The number of nitrogens with zero attached hydrogens (tertiary/aromatic N) is 2. The summed E-state index contributed by atoms with van der Waals surface area (Å²) < 4.78 is 0. The lowest BCUT2D eigenvalue weighted by atomic mass is 10.2. The molecule has 0 saturated heterocycles. The number of rotatable bonds is 5. The molecule has 0 fully saturated rings. The van der Waals surface area contributed by atoms with Gasteiger partial charge in [0.2, 0.25) is 5.91 Å². The van der Waals surface area contributed by atoms with Crippen molar-refractivity contribution in [2.45, 2.75) is 6.42 Å². The van der Waals surface area contributed by atoms with Gasteiger partial charge in [-0.2, -0.15) is 0 Å². The highest BCUT2D eigenvalue weighted by Crippen LogP contribution is 2.27. The van der Waals surface area contributed by atoms with Gasteiger partial charge in [0.25, 0.3) is 5.91 Å². The Hall–Kier alpha value is -2.71. The van der Waals surface area contributed by atoms with Gasteiger partial charge >= 0.3 is 0 Å². The van der Waals surface area contributed by atoms with Crippen molar-refractivity contribution < 1.29 is 9.59 Å². The van der Waals surface area contributed by atoms with Crippen LogP contribution in [0, 0.1) is 0 Å². The topological polar surface area (TPSA) is 74.3 Å². The van der Waals surface area contributed by atoms with Crippen molar-refractivity contribution in [3.8, 4) is 9.88 Å². The Morgan fingerprint density at radius 1 is 1.12 bits per heavy atom. The summed E-state index contributed by atoms with van der Waals surface area (Å²) in [4.78, 5) is 31.7. The molecule has 2 aromatic heterocycles. The van der Waals surface area contributed by atoms with E-state index in [0.29, 0.717) is 11.3 Å². The summed E-state index contributed by atoms with van der Waals surface area (Å²) in [5.41, 5.74) is 6.94. The second-order valence-corrected chi connectivity index (χ2v) is 7.55. The van der Waals surface area contributed by atoms with E-state index >= 15 is 0 Å². The van der Waals surface area contributed by atoms with Gasteiger partial charge in [0.1, 0.15) is 5.01 Å². The standard InChI is InChI=1S/C18H18N4O2S2/c1-22(2)14-6-3-5-12(9-14)17(24)21-20-16(23)10-13-11-26-18(19-13)15-7-4-8-25-15/h3-9,11H,10H2,1-2H3,(H,20,23)(H,21,24). The summed E-state index contributed by atoms with van der Waals surface area (Å²) in [5.74, 6) is -0.676. The third-order valence-corrected chi connectivity index (χ3v) is 5.50. The van der Waals surface area contributed by atoms with E-state index in [1.54, 1.807) is 29.5 Å². The van der Waals surface area contributed by atoms with Crippen LogP contribution in [0.5, 0.6) is 0 Å². The van der Waals surface area contributed by atoms with Gasteiger partial charge in [0.15, 0.2) is 0 Å². The third kappa shape index (κ3) is 4.47. The fourth-order valence-corrected chi connectivity index (χ4v) is 3.87. The van der Waals surface area contributed by atoms with E-state index in [4.69, 9.17) is 0 Å². The summed E-state index contributed by atoms with van der Waals surface area (Å²) in [6, 6.07) is 11.1. The first-order valence-electron chi connectivity index (χ1n) is 7.88. The van der Waals surface area contributed by atoms with E-state index in [-0.39, 0.29) is 18.2 Å². The van der Waals surface area contributed by atoms with Crippen LogP contribution in [0.3, 0.4) is 0 Å². The molecule has 3 aromatic rings. The number of benzene rings is 1. The summed E-state index contributed by atoms with van der Waals surface area (Å²) >= 11 is 3.11. The number of carbonyl (C=O) groups is 2. The molecule has 0 spiro atoms. The number of hydrogen-bond donors (Lipinski definition) is 2. The minimum Gasteiger partial charge on any atom is -0.378 e. The molecule has 6 nitrogen and oxygen atoms in total. The van der Waals surface area contributed by atoms with Gasteiger partial charge in [0, 0.05) is 30.7 Å². The molecular weight excluding hydrogens is 368 g/mol. The first-order valence-corrected chi connectivity index (χ1v) is 9.63. The highest BCUT2D eigenvalue weighted by atomic mass is 32.1. The molecule has 0 aliphatic rings. The van der Waals surface area contributed by atoms with Crippen LogP contribution in [0.1, 0.15) is 16.1 Å². The van der Waals surface area contributed by atoms with Gasteiger partial charge in [-0.25, -0.2) is 4.98 Å². The number of thiophene rings is 1.